The summed E-state index contributed by atoms with van der Waals surface area (Å²) in [6.07, 6.45) is 1.62. The maximum absolute atomic E-state index is 12.7. The lowest BCUT2D eigenvalue weighted by Gasteiger charge is -2.23. The average molecular weight is 345 g/mol. The normalized spacial score (nSPS) is 15.4. The van der Waals surface area contributed by atoms with Crippen LogP contribution in [0.2, 0.25) is 0 Å². The highest BCUT2D eigenvalue weighted by Crippen LogP contribution is 2.10. The van der Waals surface area contributed by atoms with Crippen LogP contribution >= 0.6 is 0 Å². The van der Waals surface area contributed by atoms with Gasteiger partial charge in [0, 0.05) is 18.4 Å². The minimum atomic E-state index is -0.317. The number of nitrogens with one attached hydrogen (secondary N) is 2. The van der Waals surface area contributed by atoms with Crippen LogP contribution in [0.4, 0.5) is 0 Å². The second-order valence-electron chi connectivity index (χ2n) is 6.35. The minimum Gasteiger partial charge on any atom is -0.370 e. The van der Waals surface area contributed by atoms with E-state index in [4.69, 9.17) is 4.74 Å². The first-order valence-corrected chi connectivity index (χ1v) is 8.80. The Labute approximate surface area is 146 Å². The molecule has 2 aromatic rings. The van der Waals surface area contributed by atoms with Gasteiger partial charge in [-0.1, -0.05) is 0 Å². The number of hydrogen-bond acceptors (Lipinski definition) is 4. The summed E-state index contributed by atoms with van der Waals surface area (Å²) < 4.78 is 7.18. The molecule has 2 N–H and O–H groups in total. The fraction of sp³-hybridized carbons (Fsp3) is 0.500. The summed E-state index contributed by atoms with van der Waals surface area (Å²) >= 11 is 0. The number of aromatic nitrogens is 2. The lowest BCUT2D eigenvalue weighted by Crippen LogP contribution is -3.14. The van der Waals surface area contributed by atoms with Crippen LogP contribution in [-0.2, 0) is 11.3 Å². The molecular weight excluding hydrogens is 320 g/mol. The molecular formula is C18H25N4O3+. The molecule has 3 rings (SSSR count). The molecule has 0 radical (unpaired) electrons. The third-order valence-corrected chi connectivity index (χ3v) is 4.61. The molecule has 0 aromatic carbocycles. The topological polar surface area (TPSA) is 77.7 Å². The number of amides is 1. The van der Waals surface area contributed by atoms with Crippen LogP contribution in [0.5, 0.6) is 0 Å². The fourth-order valence-electron chi connectivity index (χ4n) is 3.12. The molecule has 3 heterocycles. The predicted octanol–water partition coefficient (Wildman–Crippen LogP) is -0.630. The first kappa shape index (κ1) is 17.6. The van der Waals surface area contributed by atoms with Crippen LogP contribution in [0.3, 0.4) is 0 Å². The van der Waals surface area contributed by atoms with E-state index in [2.05, 4.69) is 10.3 Å². The maximum Gasteiger partial charge on any atom is 0.256 e. The van der Waals surface area contributed by atoms with Gasteiger partial charge in [0.05, 0.1) is 31.7 Å². The number of aryl methyl sites for hydroxylation is 2. The van der Waals surface area contributed by atoms with Gasteiger partial charge in [0.1, 0.15) is 24.3 Å². The van der Waals surface area contributed by atoms with E-state index in [1.807, 2.05) is 18.4 Å². The minimum absolute atomic E-state index is 0.178. The molecule has 0 aliphatic carbocycles. The third-order valence-electron chi connectivity index (χ3n) is 4.61. The van der Waals surface area contributed by atoms with E-state index in [1.165, 1.54) is 4.90 Å². The SMILES string of the molecule is CCn1cc(C(=O)NCC[NH+]2CCOCC2)c(=O)c2ccc(C)nc21. The largest absolute Gasteiger partial charge is 0.370 e. The summed E-state index contributed by atoms with van der Waals surface area (Å²) in [5.74, 6) is -0.317. The smallest absolute Gasteiger partial charge is 0.256 e. The van der Waals surface area contributed by atoms with E-state index >= 15 is 0 Å². The number of pyridine rings is 2. The van der Waals surface area contributed by atoms with Crippen LogP contribution in [0, 0.1) is 6.92 Å². The molecule has 0 atom stereocenters. The molecule has 1 aliphatic heterocycles. The number of hydrogen-bond donors (Lipinski definition) is 2. The lowest BCUT2D eigenvalue weighted by atomic mass is 10.1. The molecule has 1 saturated heterocycles. The van der Waals surface area contributed by atoms with Gasteiger partial charge in [-0.15, -0.1) is 0 Å². The molecule has 7 nitrogen and oxygen atoms in total. The molecule has 134 valence electrons. The fourth-order valence-corrected chi connectivity index (χ4v) is 3.12. The van der Waals surface area contributed by atoms with Crippen molar-refractivity contribution in [2.24, 2.45) is 0 Å². The van der Waals surface area contributed by atoms with Gasteiger partial charge in [0.15, 0.2) is 0 Å². The molecule has 0 unspecified atom stereocenters. The second-order valence-corrected chi connectivity index (χ2v) is 6.35. The van der Waals surface area contributed by atoms with Crippen molar-refractivity contribution in [3.05, 3.63) is 39.8 Å². The Bertz CT molecular complexity index is 825. The predicted molar refractivity (Wildman–Crippen MR) is 95.1 cm³/mol. The first-order chi connectivity index (χ1) is 12.1. The zero-order valence-corrected chi connectivity index (χ0v) is 14.8. The van der Waals surface area contributed by atoms with E-state index in [-0.39, 0.29) is 16.9 Å². The Kier molecular flexibility index (Phi) is 5.45. The van der Waals surface area contributed by atoms with Crippen molar-refractivity contribution in [2.75, 3.05) is 39.4 Å². The van der Waals surface area contributed by atoms with Crippen LogP contribution < -0.4 is 15.6 Å². The lowest BCUT2D eigenvalue weighted by molar-refractivity contribution is -0.906. The van der Waals surface area contributed by atoms with Gasteiger partial charge in [0.25, 0.3) is 5.91 Å². The van der Waals surface area contributed by atoms with Crippen molar-refractivity contribution < 1.29 is 14.4 Å². The van der Waals surface area contributed by atoms with Gasteiger partial charge in [-0.05, 0) is 26.0 Å². The Morgan fingerprint density at radius 1 is 1.36 bits per heavy atom. The van der Waals surface area contributed by atoms with Gasteiger partial charge in [-0.25, -0.2) is 4.98 Å². The first-order valence-electron chi connectivity index (χ1n) is 8.80. The van der Waals surface area contributed by atoms with Gasteiger partial charge in [-0.3, -0.25) is 9.59 Å². The molecule has 1 fully saturated rings. The number of nitrogens with zero attached hydrogens (tertiary/aromatic N) is 2. The molecule has 0 spiro atoms. The Balaban J connectivity index is 1.77. The monoisotopic (exact) mass is 345 g/mol. The summed E-state index contributed by atoms with van der Waals surface area (Å²) in [6, 6.07) is 3.55. The molecule has 7 heteroatoms. The quantitative estimate of drug-likeness (QED) is 0.756. The zero-order chi connectivity index (χ0) is 17.8. The highest BCUT2D eigenvalue weighted by Gasteiger charge is 2.17. The molecule has 0 saturated carbocycles. The van der Waals surface area contributed by atoms with E-state index in [9.17, 15) is 9.59 Å². The number of carbonyl (C=O) groups excluding carboxylic acids is 1. The molecule has 0 bridgehead atoms. The number of quaternary nitrogens is 1. The van der Waals surface area contributed by atoms with Crippen LogP contribution in [-0.4, -0.2) is 54.9 Å². The Morgan fingerprint density at radius 3 is 2.84 bits per heavy atom. The van der Waals surface area contributed by atoms with Crippen molar-refractivity contribution in [1.82, 2.24) is 14.9 Å². The number of fused-ring (bicyclic) bond motifs is 1. The Morgan fingerprint density at radius 2 is 2.12 bits per heavy atom. The van der Waals surface area contributed by atoms with E-state index < -0.39 is 0 Å². The van der Waals surface area contributed by atoms with Crippen molar-refractivity contribution in [3.8, 4) is 0 Å². The number of rotatable bonds is 5. The Hall–Kier alpha value is -2.25. The van der Waals surface area contributed by atoms with E-state index in [1.54, 1.807) is 18.3 Å². The van der Waals surface area contributed by atoms with Crippen molar-refractivity contribution in [3.63, 3.8) is 0 Å². The summed E-state index contributed by atoms with van der Waals surface area (Å²) in [5, 5.41) is 3.37. The third kappa shape index (κ3) is 3.88. The van der Waals surface area contributed by atoms with Crippen LogP contribution in [0.25, 0.3) is 11.0 Å². The van der Waals surface area contributed by atoms with Gasteiger partial charge < -0.3 is 19.5 Å². The van der Waals surface area contributed by atoms with Gasteiger partial charge in [0.2, 0.25) is 5.43 Å². The highest BCUT2D eigenvalue weighted by atomic mass is 16.5. The molecule has 25 heavy (non-hydrogen) atoms. The molecule has 2 aromatic heterocycles. The van der Waals surface area contributed by atoms with Crippen LogP contribution in [0.1, 0.15) is 23.0 Å². The summed E-state index contributed by atoms with van der Waals surface area (Å²) in [7, 11) is 0. The van der Waals surface area contributed by atoms with Crippen molar-refractivity contribution >= 4 is 16.9 Å². The van der Waals surface area contributed by atoms with Crippen molar-refractivity contribution in [2.45, 2.75) is 20.4 Å². The summed E-state index contributed by atoms with van der Waals surface area (Å²) in [6.45, 7) is 9.33. The van der Waals surface area contributed by atoms with Gasteiger partial charge in [-0.2, -0.15) is 0 Å². The highest BCUT2D eigenvalue weighted by molar-refractivity contribution is 5.96. The van der Waals surface area contributed by atoms with Gasteiger partial charge >= 0.3 is 0 Å². The number of carbonyl (C=O) groups is 1. The van der Waals surface area contributed by atoms with Crippen molar-refractivity contribution in [1.29, 1.82) is 0 Å². The van der Waals surface area contributed by atoms with Crippen LogP contribution in [0.15, 0.2) is 23.1 Å². The maximum atomic E-state index is 12.7. The molecule has 1 aliphatic rings. The van der Waals surface area contributed by atoms with E-state index in [0.717, 1.165) is 38.5 Å². The summed E-state index contributed by atoms with van der Waals surface area (Å²) in [5.41, 5.74) is 1.39. The average Bonchev–Trinajstić information content (AvgIpc) is 2.62. The zero-order valence-electron chi connectivity index (χ0n) is 14.8. The summed E-state index contributed by atoms with van der Waals surface area (Å²) in [4.78, 5) is 31.0. The standard InChI is InChI=1S/C18H24N4O3/c1-3-22-12-15(16(23)14-5-4-13(2)20-17(14)22)18(24)19-6-7-21-8-10-25-11-9-21/h4-5,12H,3,6-11H2,1-2H3,(H,19,24)/p+1. The van der Waals surface area contributed by atoms with E-state index in [0.29, 0.717) is 24.1 Å². The molecule has 1 amide bonds. The number of ether oxygens (including phenoxy) is 1. The number of morpholine rings is 1. The second kappa shape index (κ2) is 7.76.